The number of halogens is 4. The van der Waals surface area contributed by atoms with Crippen molar-refractivity contribution in [2.45, 2.75) is 45.0 Å². The molecule has 1 N–H and O–H groups in total. The number of carbonyl (C=O) groups is 1. The van der Waals surface area contributed by atoms with Crippen LogP contribution in [-0.2, 0) is 17.3 Å². The van der Waals surface area contributed by atoms with E-state index in [4.69, 9.17) is 4.74 Å². The summed E-state index contributed by atoms with van der Waals surface area (Å²) in [5, 5.41) is 2.83. The van der Waals surface area contributed by atoms with Crippen LogP contribution in [0.15, 0.2) is 41.0 Å². The number of nitrogens with one attached hydrogen (secondary N) is 1. The number of benzene rings is 1. The molecule has 2 heterocycles. The highest BCUT2D eigenvalue weighted by Crippen LogP contribution is 2.36. The van der Waals surface area contributed by atoms with Gasteiger partial charge in [-0.2, -0.15) is 13.2 Å². The number of aromatic nitrogens is 1. The van der Waals surface area contributed by atoms with Gasteiger partial charge in [0, 0.05) is 18.7 Å². The topological polar surface area (TPSA) is 54.5 Å². The van der Waals surface area contributed by atoms with Crippen LogP contribution in [-0.4, -0.2) is 29.3 Å². The average Bonchev–Trinajstić information content (AvgIpc) is 2.58. The number of fused-ring (bicyclic) bond motifs is 1. The maximum absolute atomic E-state index is 12.9. The molecule has 1 aliphatic rings. The van der Waals surface area contributed by atoms with E-state index in [0.717, 1.165) is 23.5 Å². The predicted octanol–water partition coefficient (Wildman–Crippen LogP) is 5.45. The monoisotopic (exact) mass is 471 g/mol. The summed E-state index contributed by atoms with van der Waals surface area (Å²) in [6.45, 7) is 5.70. The van der Waals surface area contributed by atoms with Crippen LogP contribution in [0.5, 0.6) is 0 Å². The Morgan fingerprint density at radius 2 is 1.83 bits per heavy atom. The maximum atomic E-state index is 12.9. The van der Waals surface area contributed by atoms with Crippen LogP contribution in [0.1, 0.15) is 32.0 Å². The normalized spacial score (nSPS) is 16.9. The third-order valence-electron chi connectivity index (χ3n) is 4.28. The average molecular weight is 472 g/mol. The van der Waals surface area contributed by atoms with E-state index in [9.17, 15) is 18.0 Å². The number of alkyl halides is 3. The highest BCUT2D eigenvalue weighted by molar-refractivity contribution is 9.10. The number of nitrogens with zero attached hydrogens (tertiary/aromatic N) is 2. The number of rotatable bonds is 2. The molecule has 1 amide bonds. The van der Waals surface area contributed by atoms with Gasteiger partial charge in [0.05, 0.1) is 23.0 Å². The van der Waals surface area contributed by atoms with E-state index in [0.29, 0.717) is 23.3 Å². The van der Waals surface area contributed by atoms with Gasteiger partial charge in [-0.15, -0.1) is 0 Å². The lowest BCUT2D eigenvalue weighted by Gasteiger charge is -2.36. The van der Waals surface area contributed by atoms with Gasteiger partial charge in [0.15, 0.2) is 0 Å². The summed E-state index contributed by atoms with van der Waals surface area (Å²) in [5.74, 6) is 0. The fraction of sp³-hybridized carbons (Fsp3) is 0.400. The number of ether oxygens (including phenoxy) is 1. The summed E-state index contributed by atoms with van der Waals surface area (Å²) in [4.78, 5) is 18.5. The Morgan fingerprint density at radius 1 is 1.17 bits per heavy atom. The van der Waals surface area contributed by atoms with E-state index in [2.05, 4.69) is 26.2 Å². The molecule has 9 heteroatoms. The van der Waals surface area contributed by atoms with Gasteiger partial charge in [0.25, 0.3) is 0 Å². The van der Waals surface area contributed by atoms with E-state index in [1.54, 1.807) is 26.8 Å². The number of hydrogen-bond acceptors (Lipinski definition) is 4. The lowest BCUT2D eigenvalue weighted by atomic mass is 10.0. The SMILES string of the molecule is CC(C)(C)OC(=O)NC1Cc2nc(Br)ccc2N(c2ccc(C(F)(F)F)cc2)C1. The second-order valence-corrected chi connectivity index (χ2v) is 8.61. The molecule has 0 fully saturated rings. The smallest absolute Gasteiger partial charge is 0.416 e. The number of carbonyl (C=O) groups excluding carboxylic acids is 1. The fourth-order valence-electron chi connectivity index (χ4n) is 3.13. The lowest BCUT2D eigenvalue weighted by Crippen LogP contribution is -2.48. The molecular weight excluding hydrogens is 451 g/mol. The molecule has 156 valence electrons. The third-order valence-corrected chi connectivity index (χ3v) is 4.72. The molecule has 2 aromatic rings. The van der Waals surface area contributed by atoms with Crippen molar-refractivity contribution in [3.63, 3.8) is 0 Å². The van der Waals surface area contributed by atoms with Gasteiger partial charge in [-0.1, -0.05) is 0 Å². The Morgan fingerprint density at radius 3 is 2.41 bits per heavy atom. The van der Waals surface area contributed by atoms with Crippen LogP contribution < -0.4 is 10.2 Å². The summed E-state index contributed by atoms with van der Waals surface area (Å²) in [6, 6.07) is 8.25. The van der Waals surface area contributed by atoms with Gasteiger partial charge in [-0.05, 0) is 73.1 Å². The first-order valence-electron chi connectivity index (χ1n) is 9.02. The molecule has 0 aliphatic carbocycles. The largest absolute Gasteiger partial charge is 0.444 e. The minimum Gasteiger partial charge on any atom is -0.444 e. The maximum Gasteiger partial charge on any atom is 0.416 e. The van der Waals surface area contributed by atoms with Gasteiger partial charge >= 0.3 is 12.3 Å². The minimum atomic E-state index is -4.40. The standard InChI is InChI=1S/C20H21BrF3N3O2/c1-19(2,3)29-18(28)25-13-10-15-16(8-9-17(21)26-15)27(11-13)14-6-4-12(5-7-14)20(22,23)24/h4-9,13H,10-11H2,1-3H3,(H,25,28). The van der Waals surface area contributed by atoms with Gasteiger partial charge in [-0.3, -0.25) is 0 Å². The number of hydrogen-bond donors (Lipinski definition) is 1. The summed E-state index contributed by atoms with van der Waals surface area (Å²) < 4.78 is 44.7. The molecule has 0 radical (unpaired) electrons. The van der Waals surface area contributed by atoms with Gasteiger partial charge in [0.2, 0.25) is 0 Å². The molecular formula is C20H21BrF3N3O2. The Balaban J connectivity index is 1.88. The number of pyridine rings is 1. The fourth-order valence-corrected chi connectivity index (χ4v) is 3.47. The van der Waals surface area contributed by atoms with Crippen molar-refractivity contribution in [1.82, 2.24) is 10.3 Å². The van der Waals surface area contributed by atoms with Crippen molar-refractivity contribution in [2.75, 3.05) is 11.4 Å². The van der Waals surface area contributed by atoms with E-state index in [1.807, 2.05) is 11.0 Å². The molecule has 1 aromatic heterocycles. The molecule has 0 saturated carbocycles. The second-order valence-electron chi connectivity index (χ2n) is 7.80. The Kier molecular flexibility index (Phi) is 5.80. The van der Waals surface area contributed by atoms with E-state index >= 15 is 0 Å². The first kappa shape index (κ1) is 21.4. The highest BCUT2D eigenvalue weighted by Gasteiger charge is 2.32. The van der Waals surface area contributed by atoms with Crippen molar-refractivity contribution in [1.29, 1.82) is 0 Å². The van der Waals surface area contributed by atoms with Crippen molar-refractivity contribution < 1.29 is 22.7 Å². The zero-order valence-corrected chi connectivity index (χ0v) is 17.8. The number of amides is 1. The van der Waals surface area contributed by atoms with Crippen LogP contribution in [0.2, 0.25) is 0 Å². The predicted molar refractivity (Wildman–Crippen MR) is 107 cm³/mol. The van der Waals surface area contributed by atoms with Crippen molar-refractivity contribution in [3.05, 3.63) is 52.3 Å². The van der Waals surface area contributed by atoms with E-state index in [-0.39, 0.29) is 6.04 Å². The van der Waals surface area contributed by atoms with Gasteiger partial charge in [0.1, 0.15) is 10.2 Å². The zero-order chi connectivity index (χ0) is 21.4. The zero-order valence-electron chi connectivity index (χ0n) is 16.2. The van der Waals surface area contributed by atoms with Gasteiger partial charge < -0.3 is 15.0 Å². The van der Waals surface area contributed by atoms with Crippen LogP contribution in [0.3, 0.4) is 0 Å². The molecule has 1 unspecified atom stereocenters. The Hall–Kier alpha value is -2.29. The van der Waals surface area contributed by atoms with Crippen LogP contribution in [0, 0.1) is 0 Å². The van der Waals surface area contributed by atoms with E-state index in [1.165, 1.54) is 12.1 Å². The summed E-state index contributed by atoms with van der Waals surface area (Å²) in [5.41, 5.74) is 0.752. The quantitative estimate of drug-likeness (QED) is 0.591. The molecule has 1 aromatic carbocycles. The summed E-state index contributed by atoms with van der Waals surface area (Å²) in [7, 11) is 0. The van der Waals surface area contributed by atoms with E-state index < -0.39 is 23.4 Å². The summed E-state index contributed by atoms with van der Waals surface area (Å²) >= 11 is 3.34. The third kappa shape index (κ3) is 5.41. The first-order chi connectivity index (χ1) is 13.4. The van der Waals surface area contributed by atoms with Crippen molar-refractivity contribution in [3.8, 4) is 0 Å². The molecule has 5 nitrogen and oxygen atoms in total. The molecule has 0 saturated heterocycles. The molecule has 1 atom stereocenters. The van der Waals surface area contributed by atoms with Crippen LogP contribution in [0.4, 0.5) is 29.3 Å². The molecule has 0 bridgehead atoms. The lowest BCUT2D eigenvalue weighted by molar-refractivity contribution is -0.137. The molecule has 29 heavy (non-hydrogen) atoms. The Labute approximate surface area is 175 Å². The van der Waals surface area contributed by atoms with Crippen LogP contribution >= 0.6 is 15.9 Å². The van der Waals surface area contributed by atoms with Crippen molar-refractivity contribution >= 4 is 33.4 Å². The molecule has 1 aliphatic heterocycles. The summed E-state index contributed by atoms with van der Waals surface area (Å²) in [6.07, 6.45) is -4.47. The minimum absolute atomic E-state index is 0.318. The number of alkyl carbamates (subject to hydrolysis) is 1. The van der Waals surface area contributed by atoms with Crippen LogP contribution in [0.25, 0.3) is 0 Å². The van der Waals surface area contributed by atoms with Crippen molar-refractivity contribution in [2.24, 2.45) is 0 Å². The highest BCUT2D eigenvalue weighted by atomic mass is 79.9. The van der Waals surface area contributed by atoms with Gasteiger partial charge in [-0.25, -0.2) is 9.78 Å². The molecule has 3 rings (SSSR count). The number of anilines is 2. The Bertz CT molecular complexity index is 895. The molecule has 0 spiro atoms. The second kappa shape index (κ2) is 7.85. The first-order valence-corrected chi connectivity index (χ1v) is 9.81.